The van der Waals surface area contributed by atoms with Gasteiger partial charge in [-0.05, 0) is 45.1 Å². The normalized spacial score (nSPS) is 16.6. The van der Waals surface area contributed by atoms with E-state index < -0.39 is 11.7 Å². The van der Waals surface area contributed by atoms with Gasteiger partial charge in [0.2, 0.25) is 5.91 Å². The van der Waals surface area contributed by atoms with Crippen molar-refractivity contribution in [1.82, 2.24) is 20.4 Å². The lowest BCUT2D eigenvalue weighted by Crippen LogP contribution is -2.45. The van der Waals surface area contributed by atoms with Gasteiger partial charge in [-0.2, -0.15) is 0 Å². The van der Waals surface area contributed by atoms with Crippen molar-refractivity contribution in [3.8, 4) is 0 Å². The number of carbonyl (C=O) groups excluding carboxylic acids is 2. The first-order valence-electron chi connectivity index (χ1n) is 9.89. The SMILES string of the molecule is CN(C)C(=O)CN=C(NCCc1cccs1)N1CCC(NC(=O)OC(C)(C)C)C1.I. The maximum absolute atomic E-state index is 12.0. The van der Waals surface area contributed by atoms with E-state index in [4.69, 9.17) is 4.74 Å². The van der Waals surface area contributed by atoms with Crippen LogP contribution in [0.1, 0.15) is 32.1 Å². The van der Waals surface area contributed by atoms with Crippen LogP contribution >= 0.6 is 35.3 Å². The Morgan fingerprint density at radius 2 is 2.10 bits per heavy atom. The minimum Gasteiger partial charge on any atom is -0.444 e. The van der Waals surface area contributed by atoms with Crippen LogP contribution in [0.25, 0.3) is 0 Å². The number of carbonyl (C=O) groups is 2. The zero-order valence-electron chi connectivity index (χ0n) is 18.4. The van der Waals surface area contributed by atoms with Crippen LogP contribution in [0.2, 0.25) is 0 Å². The van der Waals surface area contributed by atoms with Crippen LogP contribution in [0.15, 0.2) is 22.5 Å². The number of likely N-dealkylation sites (tertiary alicyclic amines) is 1. The predicted octanol–water partition coefficient (Wildman–Crippen LogP) is 2.54. The average Bonchev–Trinajstić information content (AvgIpc) is 3.27. The molecule has 1 atom stereocenters. The molecule has 2 heterocycles. The molecule has 1 aromatic heterocycles. The number of hydrogen-bond acceptors (Lipinski definition) is 5. The molecule has 2 rings (SSSR count). The number of aliphatic imine (C=N–C) groups is 1. The highest BCUT2D eigenvalue weighted by Gasteiger charge is 2.28. The Morgan fingerprint density at radius 3 is 2.70 bits per heavy atom. The quantitative estimate of drug-likeness (QED) is 0.323. The summed E-state index contributed by atoms with van der Waals surface area (Å²) in [5.41, 5.74) is -0.523. The van der Waals surface area contributed by atoms with Gasteiger partial charge in [-0.15, -0.1) is 35.3 Å². The van der Waals surface area contributed by atoms with Crippen LogP contribution in [-0.4, -0.2) is 79.7 Å². The number of likely N-dealkylation sites (N-methyl/N-ethyl adjacent to an activating group) is 1. The van der Waals surface area contributed by atoms with Gasteiger partial charge >= 0.3 is 6.09 Å². The Morgan fingerprint density at radius 1 is 1.37 bits per heavy atom. The molecule has 1 saturated heterocycles. The van der Waals surface area contributed by atoms with E-state index in [1.54, 1.807) is 25.4 Å². The number of alkyl carbamates (subject to hydrolysis) is 1. The first kappa shape index (κ1) is 26.5. The van der Waals surface area contributed by atoms with E-state index in [2.05, 4.69) is 32.0 Å². The van der Waals surface area contributed by atoms with Gasteiger partial charge in [-0.3, -0.25) is 4.79 Å². The van der Waals surface area contributed by atoms with Gasteiger partial charge in [-0.25, -0.2) is 9.79 Å². The zero-order valence-corrected chi connectivity index (χ0v) is 21.6. The summed E-state index contributed by atoms with van der Waals surface area (Å²) in [7, 11) is 3.44. The largest absolute Gasteiger partial charge is 0.444 e. The summed E-state index contributed by atoms with van der Waals surface area (Å²) < 4.78 is 5.34. The van der Waals surface area contributed by atoms with E-state index in [1.807, 2.05) is 26.8 Å². The number of ether oxygens (including phenoxy) is 1. The molecule has 1 aliphatic rings. The number of amides is 2. The molecule has 2 amide bonds. The van der Waals surface area contributed by atoms with Gasteiger partial charge in [0.25, 0.3) is 0 Å². The Hall–Kier alpha value is -1.56. The van der Waals surface area contributed by atoms with Gasteiger partial charge in [-0.1, -0.05) is 6.07 Å². The second-order valence-corrected chi connectivity index (χ2v) is 9.29. The van der Waals surface area contributed by atoms with Gasteiger partial charge in [0.1, 0.15) is 12.1 Å². The minimum absolute atomic E-state index is 0. The van der Waals surface area contributed by atoms with Crippen LogP contribution < -0.4 is 10.6 Å². The van der Waals surface area contributed by atoms with E-state index >= 15 is 0 Å². The van der Waals surface area contributed by atoms with Crippen LogP contribution in [0.3, 0.4) is 0 Å². The summed E-state index contributed by atoms with van der Waals surface area (Å²) in [5.74, 6) is 0.649. The lowest BCUT2D eigenvalue weighted by molar-refractivity contribution is -0.127. The molecule has 0 radical (unpaired) electrons. The fraction of sp³-hybridized carbons (Fsp3) is 0.650. The van der Waals surface area contributed by atoms with Crippen molar-refractivity contribution < 1.29 is 14.3 Å². The van der Waals surface area contributed by atoms with Crippen molar-refractivity contribution in [1.29, 1.82) is 0 Å². The van der Waals surface area contributed by atoms with Gasteiger partial charge < -0.3 is 25.2 Å². The van der Waals surface area contributed by atoms with Crippen LogP contribution in [-0.2, 0) is 16.0 Å². The summed E-state index contributed by atoms with van der Waals surface area (Å²) in [6, 6.07) is 4.13. The van der Waals surface area contributed by atoms with E-state index in [0.29, 0.717) is 12.5 Å². The highest BCUT2D eigenvalue weighted by Crippen LogP contribution is 2.13. The number of nitrogens with one attached hydrogen (secondary N) is 2. The number of nitrogens with zero attached hydrogens (tertiary/aromatic N) is 3. The molecule has 0 aliphatic carbocycles. The van der Waals surface area contributed by atoms with Gasteiger partial charge in [0, 0.05) is 38.6 Å². The molecule has 170 valence electrons. The minimum atomic E-state index is -0.523. The molecule has 1 fully saturated rings. The maximum Gasteiger partial charge on any atom is 0.407 e. The van der Waals surface area contributed by atoms with E-state index in [9.17, 15) is 9.59 Å². The second kappa shape index (κ2) is 12.3. The molecule has 0 saturated carbocycles. The van der Waals surface area contributed by atoms with Crippen LogP contribution in [0, 0.1) is 0 Å². The van der Waals surface area contributed by atoms with Gasteiger partial charge in [0.05, 0.1) is 6.04 Å². The predicted molar refractivity (Wildman–Crippen MR) is 132 cm³/mol. The Labute approximate surface area is 200 Å². The standard InChI is InChI=1S/C20H33N5O3S.HI/c1-20(2,3)28-19(27)23-15-9-11-25(14-15)18(22-13-17(26)24(4)5)21-10-8-16-7-6-12-29-16;/h6-7,12,15H,8-11,13-14H2,1-5H3,(H,21,22)(H,23,27);1H. The molecule has 0 bridgehead atoms. The zero-order chi connectivity index (χ0) is 21.4. The summed E-state index contributed by atoms with van der Waals surface area (Å²) in [5, 5.41) is 8.36. The molecular formula is C20H34IN5O3S. The fourth-order valence-electron chi connectivity index (χ4n) is 2.85. The number of guanidine groups is 1. The Balaban J connectivity index is 0.00000450. The lowest BCUT2D eigenvalue weighted by Gasteiger charge is -2.24. The second-order valence-electron chi connectivity index (χ2n) is 8.26. The summed E-state index contributed by atoms with van der Waals surface area (Å²) in [6.07, 6.45) is 1.29. The van der Waals surface area contributed by atoms with Crippen molar-refractivity contribution in [3.63, 3.8) is 0 Å². The van der Waals surface area contributed by atoms with E-state index in [-0.39, 0.29) is 42.5 Å². The Bertz CT molecular complexity index is 704. The van der Waals surface area contributed by atoms with Crippen molar-refractivity contribution in [2.24, 2.45) is 4.99 Å². The lowest BCUT2D eigenvalue weighted by atomic mass is 10.2. The summed E-state index contributed by atoms with van der Waals surface area (Å²) in [6.45, 7) is 7.74. The monoisotopic (exact) mass is 551 g/mol. The smallest absolute Gasteiger partial charge is 0.407 e. The molecule has 2 N–H and O–H groups in total. The third-order valence-corrected chi connectivity index (χ3v) is 5.24. The first-order chi connectivity index (χ1) is 13.6. The van der Waals surface area contributed by atoms with Crippen molar-refractivity contribution in [2.75, 3.05) is 40.3 Å². The molecule has 1 unspecified atom stereocenters. The highest BCUT2D eigenvalue weighted by atomic mass is 127. The number of halogens is 1. The molecule has 1 aliphatic heterocycles. The molecule has 10 heteroatoms. The third kappa shape index (κ3) is 9.50. The molecular weight excluding hydrogens is 517 g/mol. The topological polar surface area (TPSA) is 86.3 Å². The number of rotatable bonds is 6. The van der Waals surface area contributed by atoms with E-state index in [1.165, 1.54) is 9.78 Å². The number of thiophene rings is 1. The van der Waals surface area contributed by atoms with E-state index in [0.717, 1.165) is 25.9 Å². The van der Waals surface area contributed by atoms with Crippen LogP contribution in [0.5, 0.6) is 0 Å². The first-order valence-corrected chi connectivity index (χ1v) is 10.8. The summed E-state index contributed by atoms with van der Waals surface area (Å²) in [4.78, 5) is 33.4. The molecule has 8 nitrogen and oxygen atoms in total. The fourth-order valence-corrected chi connectivity index (χ4v) is 3.56. The van der Waals surface area contributed by atoms with Gasteiger partial charge in [0.15, 0.2) is 5.96 Å². The van der Waals surface area contributed by atoms with Crippen molar-refractivity contribution in [2.45, 2.75) is 45.3 Å². The van der Waals surface area contributed by atoms with Crippen LogP contribution in [0.4, 0.5) is 4.79 Å². The molecule has 1 aromatic rings. The molecule has 0 aromatic carbocycles. The van der Waals surface area contributed by atoms with Crippen molar-refractivity contribution >= 4 is 53.3 Å². The number of hydrogen-bond donors (Lipinski definition) is 2. The molecule has 0 spiro atoms. The highest BCUT2D eigenvalue weighted by molar-refractivity contribution is 14.0. The molecule has 30 heavy (non-hydrogen) atoms. The van der Waals surface area contributed by atoms with Crippen molar-refractivity contribution in [3.05, 3.63) is 22.4 Å². The Kier molecular flexibility index (Phi) is 10.9. The summed E-state index contributed by atoms with van der Waals surface area (Å²) >= 11 is 1.72. The third-order valence-electron chi connectivity index (χ3n) is 4.31. The average molecular weight is 551 g/mol. The maximum atomic E-state index is 12.0.